The Hall–Kier alpha value is -2.28. The van der Waals surface area contributed by atoms with Crippen molar-refractivity contribution in [3.8, 4) is 11.5 Å². The van der Waals surface area contributed by atoms with Crippen molar-refractivity contribution in [3.05, 3.63) is 23.3 Å². The van der Waals surface area contributed by atoms with E-state index in [9.17, 15) is 9.59 Å². The number of carbonyl (C=O) groups excluding carboxylic acids is 2. The Morgan fingerprint density at radius 3 is 1.94 bits per heavy atom. The van der Waals surface area contributed by atoms with Gasteiger partial charge in [0.15, 0.2) is 0 Å². The van der Waals surface area contributed by atoms with E-state index in [2.05, 4.69) is 4.74 Å². The van der Waals surface area contributed by atoms with Gasteiger partial charge < -0.3 is 14.2 Å². The van der Waals surface area contributed by atoms with E-state index < -0.39 is 11.9 Å². The number of nitrogens with one attached hydrogen (secondary N) is 1. The first kappa shape index (κ1) is 13.8. The van der Waals surface area contributed by atoms with E-state index >= 15 is 0 Å². The topological polar surface area (TPSA) is 94.1 Å². The van der Waals surface area contributed by atoms with Crippen LogP contribution < -0.4 is 15.0 Å². The number of ether oxygens (including phenoxy) is 3. The molecule has 0 saturated carbocycles. The maximum absolute atomic E-state index is 11.5. The van der Waals surface area contributed by atoms with E-state index in [4.69, 9.17) is 14.7 Å². The number of benzene rings is 1. The fourth-order valence-electron chi connectivity index (χ4n) is 1.43. The molecule has 0 aliphatic rings. The number of hydrogen-bond donors (Lipinski definition) is 2. The second kappa shape index (κ2) is 5.87. The largest absolute Gasteiger partial charge is 0.496 e. The molecule has 0 aromatic heterocycles. The molecule has 7 heteroatoms. The fraction of sp³-hybridized carbons (Fsp3) is 0.273. The van der Waals surface area contributed by atoms with Crippen molar-refractivity contribution in [2.24, 2.45) is 0 Å². The lowest BCUT2D eigenvalue weighted by molar-refractivity contribution is 0.0598. The van der Waals surface area contributed by atoms with Crippen molar-refractivity contribution < 1.29 is 29.0 Å². The lowest BCUT2D eigenvalue weighted by atomic mass is 10.1. The van der Waals surface area contributed by atoms with Crippen molar-refractivity contribution >= 4 is 11.9 Å². The van der Waals surface area contributed by atoms with Crippen molar-refractivity contribution in [2.75, 3.05) is 21.3 Å². The summed E-state index contributed by atoms with van der Waals surface area (Å²) in [6.07, 6.45) is 0. The van der Waals surface area contributed by atoms with Gasteiger partial charge in [0, 0.05) is 0 Å². The molecule has 1 rings (SSSR count). The third kappa shape index (κ3) is 2.51. The average Bonchev–Trinajstić information content (AvgIpc) is 2.43. The molecule has 1 aromatic rings. The number of hydroxylamine groups is 1. The molecule has 1 amide bonds. The number of carbonyl (C=O) groups is 2. The van der Waals surface area contributed by atoms with Crippen LogP contribution in [0.5, 0.6) is 11.5 Å². The third-order valence-corrected chi connectivity index (χ3v) is 2.26. The lowest BCUT2D eigenvalue weighted by Crippen LogP contribution is -2.20. The van der Waals surface area contributed by atoms with Gasteiger partial charge in [0.1, 0.15) is 17.1 Å². The Labute approximate surface area is 103 Å². The smallest absolute Gasteiger partial charge is 0.338 e. The molecule has 98 valence electrons. The summed E-state index contributed by atoms with van der Waals surface area (Å²) in [5, 5.41) is 8.65. The van der Waals surface area contributed by atoms with Crippen LogP contribution in [0, 0.1) is 0 Å². The summed E-state index contributed by atoms with van der Waals surface area (Å²) in [7, 11) is 3.88. The van der Waals surface area contributed by atoms with Crippen molar-refractivity contribution in [1.82, 2.24) is 5.48 Å². The zero-order valence-corrected chi connectivity index (χ0v) is 10.1. The van der Waals surface area contributed by atoms with E-state index in [0.717, 1.165) is 0 Å². The number of esters is 1. The number of methoxy groups -OCH3 is 3. The summed E-state index contributed by atoms with van der Waals surface area (Å²) < 4.78 is 14.5. The van der Waals surface area contributed by atoms with Gasteiger partial charge in [0.25, 0.3) is 5.91 Å². The zero-order valence-electron chi connectivity index (χ0n) is 10.1. The van der Waals surface area contributed by atoms with Crippen LogP contribution in [0.2, 0.25) is 0 Å². The Bertz CT molecular complexity index is 446. The van der Waals surface area contributed by atoms with Crippen LogP contribution in [0.4, 0.5) is 0 Å². The Balaban J connectivity index is 3.43. The monoisotopic (exact) mass is 255 g/mol. The summed E-state index contributed by atoms with van der Waals surface area (Å²) in [6, 6.07) is 2.64. The van der Waals surface area contributed by atoms with E-state index in [-0.39, 0.29) is 22.6 Å². The number of amides is 1. The van der Waals surface area contributed by atoms with Crippen LogP contribution in [-0.4, -0.2) is 38.4 Å². The average molecular weight is 255 g/mol. The van der Waals surface area contributed by atoms with E-state index in [1.807, 2.05) is 0 Å². The molecule has 0 radical (unpaired) electrons. The van der Waals surface area contributed by atoms with Gasteiger partial charge in [-0.05, 0) is 12.1 Å². The maximum Gasteiger partial charge on any atom is 0.338 e. The van der Waals surface area contributed by atoms with Crippen LogP contribution in [0.3, 0.4) is 0 Å². The molecular weight excluding hydrogens is 242 g/mol. The van der Waals surface area contributed by atoms with Crippen LogP contribution in [-0.2, 0) is 4.74 Å². The molecule has 2 N–H and O–H groups in total. The van der Waals surface area contributed by atoms with E-state index in [1.165, 1.54) is 38.9 Å². The summed E-state index contributed by atoms with van der Waals surface area (Å²) in [5.41, 5.74) is 1.63. The van der Waals surface area contributed by atoms with Gasteiger partial charge in [0.05, 0.1) is 26.9 Å². The van der Waals surface area contributed by atoms with Gasteiger partial charge in [-0.15, -0.1) is 0 Å². The highest BCUT2D eigenvalue weighted by Gasteiger charge is 2.21. The summed E-state index contributed by atoms with van der Waals surface area (Å²) in [4.78, 5) is 22.9. The highest BCUT2D eigenvalue weighted by molar-refractivity contribution is 6.01. The molecule has 0 aliphatic heterocycles. The van der Waals surface area contributed by atoms with Gasteiger partial charge in [-0.1, -0.05) is 0 Å². The standard InChI is InChI=1S/C11H13NO6/c1-16-7-4-6(11(14)18-3)5-8(17-2)9(7)10(13)12-15/h4-5,15H,1-3H3,(H,12,13). The minimum Gasteiger partial charge on any atom is -0.496 e. The summed E-state index contributed by atoms with van der Waals surface area (Å²) >= 11 is 0. The molecule has 0 fully saturated rings. The predicted molar refractivity (Wildman–Crippen MR) is 60.1 cm³/mol. The van der Waals surface area contributed by atoms with Crippen LogP contribution in [0.1, 0.15) is 20.7 Å². The second-order valence-corrected chi connectivity index (χ2v) is 3.19. The van der Waals surface area contributed by atoms with Crippen molar-refractivity contribution in [3.63, 3.8) is 0 Å². The molecule has 0 spiro atoms. The highest BCUT2D eigenvalue weighted by atomic mass is 16.5. The fourth-order valence-corrected chi connectivity index (χ4v) is 1.43. The maximum atomic E-state index is 11.5. The summed E-state index contributed by atoms with van der Waals surface area (Å²) in [5.74, 6) is -1.23. The lowest BCUT2D eigenvalue weighted by Gasteiger charge is -2.13. The molecule has 1 aromatic carbocycles. The SMILES string of the molecule is COC(=O)c1cc(OC)c(C(=O)NO)c(OC)c1. The minimum absolute atomic E-state index is 0.0184. The Kier molecular flexibility index (Phi) is 4.50. The van der Waals surface area contributed by atoms with Gasteiger partial charge >= 0.3 is 5.97 Å². The van der Waals surface area contributed by atoms with Crippen LogP contribution >= 0.6 is 0 Å². The highest BCUT2D eigenvalue weighted by Crippen LogP contribution is 2.30. The van der Waals surface area contributed by atoms with E-state index in [1.54, 1.807) is 0 Å². The first-order valence-electron chi connectivity index (χ1n) is 4.87. The molecule has 0 unspecified atom stereocenters. The first-order valence-corrected chi connectivity index (χ1v) is 4.87. The van der Waals surface area contributed by atoms with Gasteiger partial charge in [-0.3, -0.25) is 10.0 Å². The van der Waals surface area contributed by atoms with Gasteiger partial charge in [-0.2, -0.15) is 0 Å². The normalized spacial score (nSPS) is 9.56. The molecule has 0 saturated heterocycles. The van der Waals surface area contributed by atoms with Crippen LogP contribution in [0.25, 0.3) is 0 Å². The third-order valence-electron chi connectivity index (χ3n) is 2.26. The molecule has 0 aliphatic carbocycles. The van der Waals surface area contributed by atoms with Crippen molar-refractivity contribution in [1.29, 1.82) is 0 Å². The zero-order chi connectivity index (χ0) is 13.7. The molecule has 0 bridgehead atoms. The number of hydrogen-bond acceptors (Lipinski definition) is 6. The molecule has 0 heterocycles. The summed E-state index contributed by atoms with van der Waals surface area (Å²) in [6.45, 7) is 0. The van der Waals surface area contributed by atoms with E-state index in [0.29, 0.717) is 0 Å². The van der Waals surface area contributed by atoms with Gasteiger partial charge in [0.2, 0.25) is 0 Å². The molecule has 0 atom stereocenters. The molecule has 7 nitrogen and oxygen atoms in total. The Morgan fingerprint density at radius 1 is 1.11 bits per heavy atom. The number of rotatable bonds is 4. The quantitative estimate of drug-likeness (QED) is 0.465. The van der Waals surface area contributed by atoms with Crippen molar-refractivity contribution in [2.45, 2.75) is 0 Å². The molecule has 18 heavy (non-hydrogen) atoms. The first-order chi connectivity index (χ1) is 8.58. The van der Waals surface area contributed by atoms with Crippen LogP contribution in [0.15, 0.2) is 12.1 Å². The predicted octanol–water partition coefficient (Wildman–Crippen LogP) is 0.609. The van der Waals surface area contributed by atoms with Gasteiger partial charge in [-0.25, -0.2) is 10.3 Å². The second-order valence-electron chi connectivity index (χ2n) is 3.19. The minimum atomic E-state index is -0.805. The molecular formula is C11H13NO6. The Morgan fingerprint density at radius 2 is 1.61 bits per heavy atom.